The lowest BCUT2D eigenvalue weighted by atomic mass is 10.0. The van der Waals surface area contributed by atoms with Gasteiger partial charge in [-0.1, -0.05) is 0 Å². The highest BCUT2D eigenvalue weighted by molar-refractivity contribution is 6.16. The van der Waals surface area contributed by atoms with Gasteiger partial charge in [0.15, 0.2) is 5.41 Å². The van der Waals surface area contributed by atoms with E-state index in [0.29, 0.717) is 12.8 Å². The first-order chi connectivity index (χ1) is 3.76. The predicted octanol–water partition coefficient (Wildman–Crippen LogP) is -0.150. The first kappa shape index (κ1) is 4.06. The van der Waals surface area contributed by atoms with E-state index in [2.05, 4.69) is 4.74 Å². The van der Waals surface area contributed by atoms with E-state index in [1.165, 1.54) is 0 Å². The lowest BCUT2D eigenvalue weighted by Crippen LogP contribution is -2.42. The van der Waals surface area contributed by atoms with Crippen LogP contribution in [0, 0.1) is 5.41 Å². The zero-order valence-electron chi connectivity index (χ0n) is 4.14. The van der Waals surface area contributed by atoms with Crippen molar-refractivity contribution in [3.63, 3.8) is 0 Å². The van der Waals surface area contributed by atoms with E-state index >= 15 is 0 Å². The van der Waals surface area contributed by atoms with Crippen molar-refractivity contribution < 1.29 is 14.3 Å². The van der Waals surface area contributed by atoms with E-state index in [1.54, 1.807) is 0 Å². The molecule has 0 radical (unpaired) electrons. The van der Waals surface area contributed by atoms with Crippen molar-refractivity contribution >= 4 is 11.9 Å². The minimum Gasteiger partial charge on any atom is -0.391 e. The topological polar surface area (TPSA) is 43.4 Å². The van der Waals surface area contributed by atoms with Crippen LogP contribution in [0.25, 0.3) is 0 Å². The Morgan fingerprint density at radius 3 is 1.88 bits per heavy atom. The number of carbonyl (C=O) groups excluding carboxylic acids is 2. The molecule has 0 amide bonds. The Kier molecular flexibility index (Phi) is 0.412. The van der Waals surface area contributed by atoms with E-state index in [0.717, 1.165) is 0 Å². The predicted molar refractivity (Wildman–Crippen MR) is 22.8 cm³/mol. The summed E-state index contributed by atoms with van der Waals surface area (Å²) in [5.41, 5.74) is -0.611. The Morgan fingerprint density at radius 1 is 1.25 bits per heavy atom. The number of rotatable bonds is 0. The standard InChI is InChI=1S/C5H4O3/c6-3-5(1-2-5)4(7)8-3/h1-2H2. The molecule has 2 fully saturated rings. The Balaban J connectivity index is 2.34. The maximum atomic E-state index is 10.4. The molecular weight excluding hydrogens is 108 g/mol. The maximum Gasteiger partial charge on any atom is 0.331 e. The number of cyclic esters (lactones) is 2. The van der Waals surface area contributed by atoms with Crippen LogP contribution < -0.4 is 0 Å². The highest BCUT2D eigenvalue weighted by atomic mass is 16.6. The van der Waals surface area contributed by atoms with Crippen LogP contribution in [-0.2, 0) is 14.3 Å². The smallest absolute Gasteiger partial charge is 0.331 e. The molecule has 0 aromatic carbocycles. The largest absolute Gasteiger partial charge is 0.391 e. The Bertz CT molecular complexity index is 162. The van der Waals surface area contributed by atoms with Gasteiger partial charge in [-0.3, -0.25) is 9.59 Å². The van der Waals surface area contributed by atoms with E-state index in [-0.39, 0.29) is 11.9 Å². The normalized spacial score (nSPS) is 29.5. The molecule has 0 unspecified atom stereocenters. The minimum atomic E-state index is -0.611. The first-order valence-electron chi connectivity index (χ1n) is 2.52. The summed E-state index contributed by atoms with van der Waals surface area (Å²) >= 11 is 0. The second kappa shape index (κ2) is 0.811. The van der Waals surface area contributed by atoms with Gasteiger partial charge in [0.1, 0.15) is 0 Å². The maximum absolute atomic E-state index is 10.4. The molecule has 3 heteroatoms. The molecule has 0 aromatic heterocycles. The fraction of sp³-hybridized carbons (Fsp3) is 0.600. The molecule has 2 rings (SSSR count). The van der Waals surface area contributed by atoms with Crippen LogP contribution in [0.1, 0.15) is 12.8 Å². The molecule has 1 heterocycles. The van der Waals surface area contributed by atoms with Gasteiger partial charge in [0, 0.05) is 0 Å². The van der Waals surface area contributed by atoms with Gasteiger partial charge in [0.05, 0.1) is 0 Å². The summed E-state index contributed by atoms with van der Waals surface area (Å²) < 4.78 is 4.14. The van der Waals surface area contributed by atoms with Crippen molar-refractivity contribution in [2.24, 2.45) is 5.41 Å². The number of esters is 2. The molecule has 2 aliphatic rings. The van der Waals surface area contributed by atoms with Crippen LogP contribution in [0.2, 0.25) is 0 Å². The van der Waals surface area contributed by atoms with Gasteiger partial charge in [-0.15, -0.1) is 0 Å². The number of hydrogen-bond donors (Lipinski definition) is 0. The lowest BCUT2D eigenvalue weighted by molar-refractivity contribution is -0.186. The Morgan fingerprint density at radius 2 is 1.75 bits per heavy atom. The number of ether oxygens (including phenoxy) is 1. The van der Waals surface area contributed by atoms with Crippen molar-refractivity contribution in [2.45, 2.75) is 12.8 Å². The van der Waals surface area contributed by atoms with Crippen LogP contribution >= 0.6 is 0 Å². The van der Waals surface area contributed by atoms with Crippen LogP contribution in [-0.4, -0.2) is 11.9 Å². The monoisotopic (exact) mass is 112 g/mol. The molecule has 0 bridgehead atoms. The fourth-order valence-electron chi connectivity index (χ4n) is 0.850. The summed E-state index contributed by atoms with van der Waals surface area (Å²) in [5.74, 6) is -0.634. The average molecular weight is 112 g/mol. The molecule has 0 atom stereocenters. The molecule has 8 heavy (non-hydrogen) atoms. The van der Waals surface area contributed by atoms with Crippen LogP contribution in [0.4, 0.5) is 0 Å². The zero-order valence-corrected chi connectivity index (χ0v) is 4.14. The number of hydrogen-bond acceptors (Lipinski definition) is 3. The van der Waals surface area contributed by atoms with E-state index in [1.807, 2.05) is 0 Å². The summed E-state index contributed by atoms with van der Waals surface area (Å²) in [6, 6.07) is 0. The molecule has 1 spiro atoms. The third-order valence-electron chi connectivity index (χ3n) is 1.72. The van der Waals surface area contributed by atoms with Gasteiger partial charge in [0.25, 0.3) is 0 Å². The van der Waals surface area contributed by atoms with Crippen molar-refractivity contribution in [1.29, 1.82) is 0 Å². The molecule has 1 saturated carbocycles. The van der Waals surface area contributed by atoms with Gasteiger partial charge in [0.2, 0.25) is 0 Å². The first-order valence-corrected chi connectivity index (χ1v) is 2.52. The second-order valence-electron chi connectivity index (χ2n) is 2.26. The van der Waals surface area contributed by atoms with Gasteiger partial charge < -0.3 is 4.74 Å². The molecule has 1 aliphatic heterocycles. The zero-order chi connectivity index (χ0) is 5.78. The molecule has 3 nitrogen and oxygen atoms in total. The summed E-state index contributed by atoms with van der Waals surface area (Å²) in [6.07, 6.45) is 1.43. The van der Waals surface area contributed by atoms with Gasteiger partial charge in [-0.25, -0.2) is 0 Å². The third kappa shape index (κ3) is 0.217. The summed E-state index contributed by atoms with van der Waals surface area (Å²) in [6.45, 7) is 0. The van der Waals surface area contributed by atoms with Crippen LogP contribution in [0.5, 0.6) is 0 Å². The molecule has 42 valence electrons. The van der Waals surface area contributed by atoms with E-state index < -0.39 is 5.41 Å². The van der Waals surface area contributed by atoms with Gasteiger partial charge >= 0.3 is 11.9 Å². The van der Waals surface area contributed by atoms with Crippen molar-refractivity contribution in [3.8, 4) is 0 Å². The Labute approximate surface area is 45.6 Å². The third-order valence-corrected chi connectivity index (χ3v) is 1.72. The summed E-state index contributed by atoms with van der Waals surface area (Å²) in [7, 11) is 0. The van der Waals surface area contributed by atoms with Crippen molar-refractivity contribution in [1.82, 2.24) is 0 Å². The van der Waals surface area contributed by atoms with E-state index in [4.69, 9.17) is 0 Å². The molecular formula is C5H4O3. The summed E-state index contributed by atoms with van der Waals surface area (Å²) in [4.78, 5) is 20.8. The van der Waals surface area contributed by atoms with Crippen molar-refractivity contribution in [3.05, 3.63) is 0 Å². The van der Waals surface area contributed by atoms with Crippen LogP contribution in [0.3, 0.4) is 0 Å². The Hall–Kier alpha value is -0.860. The number of carbonyl (C=O) groups is 2. The summed E-state index contributed by atoms with van der Waals surface area (Å²) in [5, 5.41) is 0. The molecule has 1 saturated heterocycles. The minimum absolute atomic E-state index is 0.317. The lowest BCUT2D eigenvalue weighted by Gasteiger charge is -2.19. The average Bonchev–Trinajstić information content (AvgIpc) is 2.44. The molecule has 1 aliphatic carbocycles. The quantitative estimate of drug-likeness (QED) is 0.323. The SMILES string of the molecule is O=C1OC(=O)C12CC2. The molecule has 0 N–H and O–H groups in total. The fourth-order valence-corrected chi connectivity index (χ4v) is 0.850. The van der Waals surface area contributed by atoms with E-state index in [9.17, 15) is 9.59 Å². The highest BCUT2D eigenvalue weighted by Crippen LogP contribution is 2.53. The van der Waals surface area contributed by atoms with Crippen molar-refractivity contribution in [2.75, 3.05) is 0 Å². The second-order valence-corrected chi connectivity index (χ2v) is 2.26. The molecule has 0 aromatic rings. The highest BCUT2D eigenvalue weighted by Gasteiger charge is 2.67. The van der Waals surface area contributed by atoms with Gasteiger partial charge in [-0.05, 0) is 12.8 Å². The van der Waals surface area contributed by atoms with Crippen LogP contribution in [0.15, 0.2) is 0 Å². The van der Waals surface area contributed by atoms with Gasteiger partial charge in [-0.2, -0.15) is 0 Å².